The second-order valence-electron chi connectivity index (χ2n) is 7.08. The fraction of sp³-hybridized carbons (Fsp3) is 0.500. The van der Waals surface area contributed by atoms with Crippen molar-refractivity contribution in [2.45, 2.75) is 26.2 Å². The number of hydrogen-bond donors (Lipinski definition) is 1. The van der Waals surface area contributed by atoms with Crippen molar-refractivity contribution in [3.05, 3.63) is 35.9 Å². The Bertz CT molecular complexity index is 763. The molecule has 0 spiro atoms. The fourth-order valence-electron chi connectivity index (χ4n) is 3.42. The number of piperidine rings is 1. The van der Waals surface area contributed by atoms with Crippen LogP contribution in [0, 0.1) is 0 Å². The van der Waals surface area contributed by atoms with Crippen LogP contribution < -0.4 is 15.2 Å². The number of ether oxygens (including phenoxy) is 1. The molecule has 0 unspecified atom stereocenters. The van der Waals surface area contributed by atoms with Gasteiger partial charge in [0.1, 0.15) is 0 Å². The minimum Gasteiger partial charge on any atom is -0.378 e. The highest BCUT2D eigenvalue weighted by molar-refractivity contribution is 5.98. The molecular formula is C20H27N7O. The Hall–Kier alpha value is -2.74. The zero-order valence-corrected chi connectivity index (χ0v) is 16.3. The molecule has 8 nitrogen and oxygen atoms in total. The Morgan fingerprint density at radius 3 is 2.21 bits per heavy atom. The van der Waals surface area contributed by atoms with Crippen molar-refractivity contribution in [1.82, 2.24) is 15.0 Å². The summed E-state index contributed by atoms with van der Waals surface area (Å²) in [4.78, 5) is 18.4. The number of anilines is 3. The lowest BCUT2D eigenvalue weighted by Crippen LogP contribution is -2.38. The standard InChI is InChI=1S/C20H27N7O/c1-16(17-8-4-2-5-9-17)24-25-18-21-19(26-10-6-3-7-11-26)23-20(22-18)27-12-14-28-15-13-27/h2,4-5,8-9H,3,6-7,10-15H2,1H3,(H,21,22,23,25)/b24-16-. The number of nitrogens with zero attached hydrogens (tertiary/aromatic N) is 6. The number of nitrogens with one attached hydrogen (secondary N) is 1. The number of morpholine rings is 1. The third kappa shape index (κ3) is 4.56. The van der Waals surface area contributed by atoms with E-state index in [0.717, 1.165) is 43.4 Å². The van der Waals surface area contributed by atoms with Gasteiger partial charge in [0.2, 0.25) is 17.8 Å². The number of aromatic nitrogens is 3. The molecule has 1 N–H and O–H groups in total. The molecule has 0 radical (unpaired) electrons. The van der Waals surface area contributed by atoms with Gasteiger partial charge < -0.3 is 14.5 Å². The SMILES string of the molecule is C/C(=N/Nc1nc(N2CCCCC2)nc(N2CCOCC2)n1)c1ccccc1. The Morgan fingerprint density at radius 2 is 1.54 bits per heavy atom. The van der Waals surface area contributed by atoms with Crippen molar-refractivity contribution in [2.24, 2.45) is 5.10 Å². The van der Waals surface area contributed by atoms with Crippen LogP contribution in [0.4, 0.5) is 17.8 Å². The maximum absolute atomic E-state index is 5.47. The first-order valence-corrected chi connectivity index (χ1v) is 9.99. The molecule has 2 saturated heterocycles. The van der Waals surface area contributed by atoms with Gasteiger partial charge in [0.05, 0.1) is 18.9 Å². The summed E-state index contributed by atoms with van der Waals surface area (Å²) in [7, 11) is 0. The van der Waals surface area contributed by atoms with E-state index in [4.69, 9.17) is 9.72 Å². The molecule has 2 aliphatic rings. The maximum Gasteiger partial charge on any atom is 0.250 e. The van der Waals surface area contributed by atoms with E-state index in [9.17, 15) is 0 Å². The zero-order chi connectivity index (χ0) is 19.2. The van der Waals surface area contributed by atoms with Gasteiger partial charge in [-0.15, -0.1) is 0 Å². The number of hydrazone groups is 1. The molecular weight excluding hydrogens is 354 g/mol. The van der Waals surface area contributed by atoms with Gasteiger partial charge >= 0.3 is 0 Å². The third-order valence-electron chi connectivity index (χ3n) is 5.06. The predicted octanol–water partition coefficient (Wildman–Crippen LogP) is 2.53. The van der Waals surface area contributed by atoms with Gasteiger partial charge in [0, 0.05) is 26.2 Å². The summed E-state index contributed by atoms with van der Waals surface area (Å²) in [5.41, 5.74) is 4.99. The lowest BCUT2D eigenvalue weighted by atomic mass is 10.1. The second kappa shape index (κ2) is 8.97. The fourth-order valence-corrected chi connectivity index (χ4v) is 3.42. The molecule has 0 bridgehead atoms. The Kier molecular flexibility index (Phi) is 5.96. The quantitative estimate of drug-likeness (QED) is 0.630. The van der Waals surface area contributed by atoms with E-state index in [0.29, 0.717) is 25.1 Å². The number of benzene rings is 1. The van der Waals surface area contributed by atoms with Crippen LogP contribution in [-0.4, -0.2) is 60.1 Å². The molecule has 1 aromatic heterocycles. The van der Waals surface area contributed by atoms with Gasteiger partial charge in [-0.05, 0) is 31.7 Å². The molecule has 0 amide bonds. The molecule has 1 aromatic carbocycles. The minimum absolute atomic E-state index is 0.479. The average Bonchev–Trinajstić information content (AvgIpc) is 2.79. The predicted molar refractivity (Wildman–Crippen MR) is 111 cm³/mol. The van der Waals surface area contributed by atoms with Gasteiger partial charge in [0.15, 0.2) is 0 Å². The van der Waals surface area contributed by atoms with E-state index >= 15 is 0 Å². The Balaban J connectivity index is 1.59. The van der Waals surface area contributed by atoms with Gasteiger partial charge in [-0.2, -0.15) is 20.1 Å². The van der Waals surface area contributed by atoms with Crippen LogP contribution in [0.2, 0.25) is 0 Å². The molecule has 2 aromatic rings. The summed E-state index contributed by atoms with van der Waals surface area (Å²) < 4.78 is 5.47. The van der Waals surface area contributed by atoms with Crippen LogP contribution in [0.1, 0.15) is 31.7 Å². The lowest BCUT2D eigenvalue weighted by Gasteiger charge is -2.30. The van der Waals surface area contributed by atoms with E-state index in [1.807, 2.05) is 37.3 Å². The van der Waals surface area contributed by atoms with Gasteiger partial charge in [-0.3, -0.25) is 0 Å². The number of hydrogen-bond acceptors (Lipinski definition) is 8. The van der Waals surface area contributed by atoms with Crippen molar-refractivity contribution < 1.29 is 4.74 Å². The van der Waals surface area contributed by atoms with Crippen LogP contribution in [0.5, 0.6) is 0 Å². The summed E-state index contributed by atoms with van der Waals surface area (Å²) >= 11 is 0. The van der Waals surface area contributed by atoms with E-state index in [1.165, 1.54) is 19.3 Å². The molecule has 0 aliphatic carbocycles. The highest BCUT2D eigenvalue weighted by Gasteiger charge is 2.20. The van der Waals surface area contributed by atoms with Crippen molar-refractivity contribution in [3.63, 3.8) is 0 Å². The first-order valence-electron chi connectivity index (χ1n) is 9.99. The zero-order valence-electron chi connectivity index (χ0n) is 16.3. The molecule has 3 heterocycles. The molecule has 2 aliphatic heterocycles. The van der Waals surface area contributed by atoms with Crippen LogP contribution in [-0.2, 0) is 4.74 Å². The van der Waals surface area contributed by atoms with E-state index in [2.05, 4.69) is 30.3 Å². The summed E-state index contributed by atoms with van der Waals surface area (Å²) in [6, 6.07) is 10.1. The highest BCUT2D eigenvalue weighted by Crippen LogP contribution is 2.21. The van der Waals surface area contributed by atoms with Gasteiger partial charge in [-0.25, -0.2) is 5.43 Å². The molecule has 4 rings (SSSR count). The molecule has 0 atom stereocenters. The van der Waals surface area contributed by atoms with E-state index in [-0.39, 0.29) is 0 Å². The highest BCUT2D eigenvalue weighted by atomic mass is 16.5. The molecule has 28 heavy (non-hydrogen) atoms. The maximum atomic E-state index is 5.47. The smallest absolute Gasteiger partial charge is 0.250 e. The largest absolute Gasteiger partial charge is 0.378 e. The van der Waals surface area contributed by atoms with Crippen LogP contribution in [0.15, 0.2) is 35.4 Å². The lowest BCUT2D eigenvalue weighted by molar-refractivity contribution is 0.122. The van der Waals surface area contributed by atoms with Gasteiger partial charge in [0.25, 0.3) is 0 Å². The minimum atomic E-state index is 0.479. The summed E-state index contributed by atoms with van der Waals surface area (Å²) in [6.07, 6.45) is 3.61. The van der Waals surface area contributed by atoms with Crippen LogP contribution in [0.3, 0.4) is 0 Å². The van der Waals surface area contributed by atoms with Crippen LogP contribution in [0.25, 0.3) is 0 Å². The second-order valence-corrected chi connectivity index (χ2v) is 7.08. The first kappa shape index (κ1) is 18.6. The Labute approximate surface area is 165 Å². The molecule has 8 heteroatoms. The van der Waals surface area contributed by atoms with Crippen molar-refractivity contribution >= 4 is 23.6 Å². The van der Waals surface area contributed by atoms with Crippen LogP contribution >= 0.6 is 0 Å². The first-order chi connectivity index (χ1) is 13.8. The average molecular weight is 381 g/mol. The van der Waals surface area contributed by atoms with Gasteiger partial charge in [-0.1, -0.05) is 30.3 Å². The molecule has 0 saturated carbocycles. The third-order valence-corrected chi connectivity index (χ3v) is 5.06. The summed E-state index contributed by atoms with van der Waals surface area (Å²) in [5.74, 6) is 1.90. The van der Waals surface area contributed by atoms with E-state index in [1.54, 1.807) is 0 Å². The normalized spacial score (nSPS) is 18.2. The molecule has 2 fully saturated rings. The topological polar surface area (TPSA) is 78.8 Å². The number of rotatable bonds is 5. The summed E-state index contributed by atoms with van der Waals surface area (Å²) in [5, 5.41) is 4.49. The van der Waals surface area contributed by atoms with Crippen molar-refractivity contribution in [1.29, 1.82) is 0 Å². The van der Waals surface area contributed by atoms with E-state index < -0.39 is 0 Å². The summed E-state index contributed by atoms with van der Waals surface area (Å²) in [6.45, 7) is 6.90. The van der Waals surface area contributed by atoms with Crippen molar-refractivity contribution in [2.75, 3.05) is 54.6 Å². The Morgan fingerprint density at radius 1 is 0.893 bits per heavy atom. The van der Waals surface area contributed by atoms with Crippen molar-refractivity contribution in [3.8, 4) is 0 Å². The molecule has 148 valence electrons. The monoisotopic (exact) mass is 381 g/mol.